The van der Waals surface area contributed by atoms with Crippen LogP contribution in [-0.2, 0) is 13.0 Å². The third kappa shape index (κ3) is 5.76. The number of likely N-dealkylation sites (tertiary alicyclic amines) is 1. The van der Waals surface area contributed by atoms with E-state index in [1.54, 1.807) is 24.5 Å². The van der Waals surface area contributed by atoms with Gasteiger partial charge in [0.1, 0.15) is 0 Å². The van der Waals surface area contributed by atoms with E-state index < -0.39 is 0 Å². The third-order valence-electron chi connectivity index (χ3n) is 7.46. The predicted molar refractivity (Wildman–Crippen MR) is 139 cm³/mol. The summed E-state index contributed by atoms with van der Waals surface area (Å²) in [5, 5.41) is 10.0. The van der Waals surface area contributed by atoms with Crippen molar-refractivity contribution in [3.05, 3.63) is 83.8 Å². The molecule has 36 heavy (non-hydrogen) atoms. The molecule has 1 aromatic heterocycles. The van der Waals surface area contributed by atoms with Crippen LogP contribution in [-0.4, -0.2) is 52.6 Å². The van der Waals surface area contributed by atoms with Gasteiger partial charge >= 0.3 is 0 Å². The minimum Gasteiger partial charge on any atom is -0.504 e. The average Bonchev–Trinajstić information content (AvgIpc) is 3.58. The van der Waals surface area contributed by atoms with Crippen molar-refractivity contribution >= 4 is 5.91 Å². The minimum atomic E-state index is 0.0263. The molecule has 1 saturated heterocycles. The topological polar surface area (TPSA) is 66.2 Å². The first-order chi connectivity index (χ1) is 17.6. The van der Waals surface area contributed by atoms with Gasteiger partial charge in [-0.3, -0.25) is 9.69 Å². The van der Waals surface area contributed by atoms with Gasteiger partial charge in [-0.25, -0.2) is 0 Å². The van der Waals surface area contributed by atoms with Crippen molar-refractivity contribution in [2.24, 2.45) is 5.92 Å². The van der Waals surface area contributed by atoms with Crippen molar-refractivity contribution in [1.82, 2.24) is 9.80 Å². The molecular weight excluding hydrogens is 452 g/mol. The molecule has 0 radical (unpaired) electrons. The summed E-state index contributed by atoms with van der Waals surface area (Å²) in [6.07, 6.45) is 6.68. The fourth-order valence-corrected chi connectivity index (χ4v) is 5.50. The van der Waals surface area contributed by atoms with Gasteiger partial charge in [0.05, 0.1) is 12.9 Å². The Labute approximate surface area is 213 Å². The molecule has 0 spiro atoms. The van der Waals surface area contributed by atoms with Crippen LogP contribution in [0, 0.1) is 5.92 Å². The van der Waals surface area contributed by atoms with E-state index in [1.165, 1.54) is 5.56 Å². The Morgan fingerprint density at radius 3 is 2.50 bits per heavy atom. The van der Waals surface area contributed by atoms with E-state index in [1.807, 2.05) is 25.1 Å². The van der Waals surface area contributed by atoms with E-state index in [9.17, 15) is 9.90 Å². The Kier molecular flexibility index (Phi) is 7.61. The van der Waals surface area contributed by atoms with E-state index in [0.29, 0.717) is 30.1 Å². The van der Waals surface area contributed by atoms with Crippen molar-refractivity contribution < 1.29 is 19.1 Å². The highest BCUT2D eigenvalue weighted by Crippen LogP contribution is 2.37. The maximum absolute atomic E-state index is 13.6. The zero-order chi connectivity index (χ0) is 24.9. The molecule has 6 heteroatoms. The molecule has 2 aliphatic rings. The van der Waals surface area contributed by atoms with E-state index >= 15 is 0 Å². The van der Waals surface area contributed by atoms with E-state index in [2.05, 4.69) is 34.1 Å². The second-order valence-electron chi connectivity index (χ2n) is 10.0. The van der Waals surface area contributed by atoms with E-state index in [4.69, 9.17) is 9.15 Å². The third-order valence-corrected chi connectivity index (χ3v) is 7.46. The summed E-state index contributed by atoms with van der Waals surface area (Å²) in [7, 11) is 0. The lowest BCUT2D eigenvalue weighted by Crippen LogP contribution is -2.50. The summed E-state index contributed by atoms with van der Waals surface area (Å²) in [5.41, 5.74) is 2.42. The Morgan fingerprint density at radius 2 is 1.83 bits per heavy atom. The van der Waals surface area contributed by atoms with Crippen LogP contribution in [0.5, 0.6) is 11.5 Å². The maximum Gasteiger partial charge on any atom is 0.290 e. The highest BCUT2D eigenvalue weighted by molar-refractivity contribution is 5.92. The molecular formula is C30H36N2O4. The van der Waals surface area contributed by atoms with Crippen molar-refractivity contribution in [2.75, 3.05) is 19.7 Å². The summed E-state index contributed by atoms with van der Waals surface area (Å²) < 4.78 is 11.1. The summed E-state index contributed by atoms with van der Waals surface area (Å²) in [6, 6.07) is 20.2. The van der Waals surface area contributed by atoms with Gasteiger partial charge in [0.2, 0.25) is 0 Å². The molecule has 1 aliphatic carbocycles. The molecule has 2 aromatic carbocycles. The molecule has 1 N–H and O–H groups in total. The molecule has 2 heterocycles. The van der Waals surface area contributed by atoms with Crippen LogP contribution >= 0.6 is 0 Å². The number of furan rings is 1. The summed E-state index contributed by atoms with van der Waals surface area (Å²) in [5.74, 6) is 1.63. The van der Waals surface area contributed by atoms with E-state index in [-0.39, 0.29) is 17.7 Å². The van der Waals surface area contributed by atoms with E-state index in [0.717, 1.165) is 57.3 Å². The summed E-state index contributed by atoms with van der Waals surface area (Å²) >= 11 is 0. The summed E-state index contributed by atoms with van der Waals surface area (Å²) in [4.78, 5) is 18.2. The number of piperidine rings is 1. The maximum atomic E-state index is 13.6. The van der Waals surface area contributed by atoms with Crippen molar-refractivity contribution in [3.63, 3.8) is 0 Å². The number of hydrogen-bond donors (Lipinski definition) is 1. The molecule has 5 rings (SSSR count). The number of carbonyl (C=O) groups is 1. The van der Waals surface area contributed by atoms with Crippen LogP contribution in [0.4, 0.5) is 0 Å². The largest absolute Gasteiger partial charge is 0.504 e. The first-order valence-electron chi connectivity index (χ1n) is 13.2. The number of hydrogen-bond acceptors (Lipinski definition) is 5. The lowest BCUT2D eigenvalue weighted by Gasteiger charge is -2.41. The van der Waals surface area contributed by atoms with Gasteiger partial charge in [-0.1, -0.05) is 36.4 Å². The van der Waals surface area contributed by atoms with Gasteiger partial charge in [-0.2, -0.15) is 0 Å². The minimum absolute atomic E-state index is 0.0263. The smallest absolute Gasteiger partial charge is 0.290 e. The number of ether oxygens (including phenoxy) is 1. The van der Waals surface area contributed by atoms with Gasteiger partial charge < -0.3 is 19.2 Å². The Balaban J connectivity index is 1.30. The van der Waals surface area contributed by atoms with Crippen LogP contribution < -0.4 is 4.74 Å². The Bertz CT molecular complexity index is 1120. The fraction of sp³-hybridized carbons (Fsp3) is 0.433. The quantitative estimate of drug-likeness (QED) is 0.408. The van der Waals surface area contributed by atoms with Crippen LogP contribution in [0.15, 0.2) is 71.3 Å². The number of rotatable bonds is 10. The van der Waals surface area contributed by atoms with Crippen molar-refractivity contribution in [1.29, 1.82) is 0 Å². The molecule has 190 valence electrons. The second-order valence-corrected chi connectivity index (χ2v) is 10.0. The molecule has 1 amide bonds. The highest BCUT2D eigenvalue weighted by Gasteiger charge is 2.42. The number of amides is 1. The Hall–Kier alpha value is -3.25. The number of aromatic hydroxyl groups is 1. The fourth-order valence-electron chi connectivity index (χ4n) is 5.50. The standard InChI is InChI=1S/C30H36N2O4/c1-2-35-29-20-23(10-13-27(29)33)21-31-16-14-24(15-17-31)26(19-22-7-4-3-5-8-22)32(25-11-12-25)30(34)28-9-6-18-36-28/h3-10,13,18,20,24-26,33H,2,11-12,14-17,19,21H2,1H3/t26-/m1/s1. The highest BCUT2D eigenvalue weighted by atomic mass is 16.5. The van der Waals surface area contributed by atoms with Gasteiger partial charge in [-0.15, -0.1) is 0 Å². The number of phenolic OH excluding ortho intramolecular Hbond substituents is 1. The molecule has 0 unspecified atom stereocenters. The van der Waals surface area contributed by atoms with Crippen molar-refractivity contribution in [3.8, 4) is 11.5 Å². The van der Waals surface area contributed by atoms with Crippen molar-refractivity contribution in [2.45, 2.75) is 57.7 Å². The second kappa shape index (κ2) is 11.2. The molecule has 2 fully saturated rings. The molecule has 1 aliphatic heterocycles. The number of phenols is 1. The van der Waals surface area contributed by atoms with Gasteiger partial charge in [-0.05, 0) is 93.4 Å². The molecule has 0 bridgehead atoms. The van der Waals surface area contributed by atoms with Crippen LogP contribution in [0.2, 0.25) is 0 Å². The zero-order valence-corrected chi connectivity index (χ0v) is 21.0. The first kappa shape index (κ1) is 24.4. The predicted octanol–water partition coefficient (Wildman–Crippen LogP) is 5.51. The first-order valence-corrected chi connectivity index (χ1v) is 13.2. The normalized spacial score (nSPS) is 17.6. The Morgan fingerprint density at radius 1 is 1.06 bits per heavy atom. The number of benzene rings is 2. The monoisotopic (exact) mass is 488 g/mol. The summed E-state index contributed by atoms with van der Waals surface area (Å²) in [6.45, 7) is 5.24. The van der Waals surface area contributed by atoms with Crippen LogP contribution in [0.25, 0.3) is 0 Å². The average molecular weight is 489 g/mol. The lowest BCUT2D eigenvalue weighted by atomic mass is 9.84. The van der Waals surface area contributed by atoms with Gasteiger partial charge in [0, 0.05) is 18.6 Å². The van der Waals surface area contributed by atoms with Gasteiger partial charge in [0.25, 0.3) is 5.91 Å². The lowest BCUT2D eigenvalue weighted by molar-refractivity contribution is 0.0454. The number of nitrogens with zero attached hydrogens (tertiary/aromatic N) is 2. The van der Waals surface area contributed by atoms with Gasteiger partial charge in [0.15, 0.2) is 17.3 Å². The molecule has 3 aromatic rings. The zero-order valence-electron chi connectivity index (χ0n) is 21.0. The molecule has 1 saturated carbocycles. The SMILES string of the molecule is CCOc1cc(CN2CCC([C@@H](Cc3ccccc3)N(C(=O)c3ccco3)C3CC3)CC2)ccc1O. The van der Waals surface area contributed by atoms with Crippen LogP contribution in [0.3, 0.4) is 0 Å². The molecule has 6 nitrogen and oxygen atoms in total. The molecule has 1 atom stereocenters. The number of carbonyl (C=O) groups excluding carboxylic acids is 1. The van der Waals surface area contributed by atoms with Crippen LogP contribution in [0.1, 0.15) is 54.3 Å².